The van der Waals surface area contributed by atoms with E-state index in [1.165, 1.54) is 5.48 Å². The van der Waals surface area contributed by atoms with Gasteiger partial charge in [-0.25, -0.2) is 18.3 Å². The largest absolute Gasteiger partial charge is 0.392 e. The summed E-state index contributed by atoms with van der Waals surface area (Å²) in [6.07, 6.45) is 8.86. The van der Waals surface area contributed by atoms with Gasteiger partial charge < -0.3 is 4.84 Å². The highest BCUT2D eigenvalue weighted by Gasteiger charge is 2.35. The maximum absolute atomic E-state index is 12.8. The zero-order valence-electron chi connectivity index (χ0n) is 16.4. The van der Waals surface area contributed by atoms with E-state index in [0.29, 0.717) is 25.0 Å². The number of hydroxylamine groups is 1. The molecule has 1 aliphatic carbocycles. The molecule has 160 valence electrons. The van der Waals surface area contributed by atoms with Gasteiger partial charge in [-0.3, -0.25) is 10.0 Å². The van der Waals surface area contributed by atoms with Crippen molar-refractivity contribution in [2.24, 2.45) is 11.1 Å². The molecule has 1 heterocycles. The first-order valence-corrected chi connectivity index (χ1v) is 11.2. The Balaban J connectivity index is 0.00000155. The van der Waals surface area contributed by atoms with E-state index in [1.54, 1.807) is 0 Å². The number of halogens is 1. The number of oxime groups is 1. The van der Waals surface area contributed by atoms with Crippen LogP contribution in [0.4, 0.5) is 4.39 Å². The van der Waals surface area contributed by atoms with Crippen molar-refractivity contribution in [2.45, 2.75) is 43.2 Å². The van der Waals surface area contributed by atoms with Gasteiger partial charge in [-0.15, -0.1) is 12.8 Å². The van der Waals surface area contributed by atoms with Crippen LogP contribution in [0.5, 0.6) is 0 Å². The van der Waals surface area contributed by atoms with E-state index in [-0.39, 0.29) is 12.3 Å². The van der Waals surface area contributed by atoms with Crippen molar-refractivity contribution >= 4 is 21.5 Å². The van der Waals surface area contributed by atoms with Crippen LogP contribution < -0.4 is 5.48 Å². The zero-order chi connectivity index (χ0) is 22.3. The van der Waals surface area contributed by atoms with Gasteiger partial charge in [0.2, 0.25) is 0 Å². The maximum atomic E-state index is 12.8. The summed E-state index contributed by atoms with van der Waals surface area (Å²) in [5, 5.41) is 11.3. The molecule has 30 heavy (non-hydrogen) atoms. The van der Waals surface area contributed by atoms with Crippen LogP contribution in [0.3, 0.4) is 0 Å². The Kier molecular flexibility index (Phi) is 7.99. The minimum Gasteiger partial charge on any atom is -0.392 e. The van der Waals surface area contributed by atoms with Crippen LogP contribution >= 0.6 is 0 Å². The fourth-order valence-corrected chi connectivity index (χ4v) is 4.12. The molecule has 1 aromatic rings. The van der Waals surface area contributed by atoms with Gasteiger partial charge in [0.1, 0.15) is 17.5 Å². The Labute approximate surface area is 175 Å². The molecule has 1 fully saturated rings. The number of terminal acetylenes is 1. The third-order valence-electron chi connectivity index (χ3n) is 4.85. The normalized spacial score (nSPS) is 23.2. The van der Waals surface area contributed by atoms with Gasteiger partial charge in [-0.05, 0) is 30.5 Å². The maximum Gasteiger partial charge on any atom is 0.261 e. The minimum atomic E-state index is -3.71. The Morgan fingerprint density at radius 2 is 2.00 bits per heavy atom. The number of rotatable bonds is 5. The van der Waals surface area contributed by atoms with Gasteiger partial charge in [0.25, 0.3) is 5.91 Å². The second-order valence-electron chi connectivity index (χ2n) is 7.11. The molecule has 1 amide bonds. The Morgan fingerprint density at radius 3 is 2.53 bits per heavy atom. The predicted molar refractivity (Wildman–Crippen MR) is 110 cm³/mol. The van der Waals surface area contributed by atoms with Crippen molar-refractivity contribution < 1.29 is 27.6 Å². The van der Waals surface area contributed by atoms with E-state index in [9.17, 15) is 17.6 Å². The number of sulfone groups is 1. The van der Waals surface area contributed by atoms with Gasteiger partial charge in [-0.1, -0.05) is 29.1 Å². The Bertz CT molecular complexity index is 970. The monoisotopic (exact) mass is 434 g/mol. The molecule has 0 aromatic heterocycles. The Hall–Kier alpha value is -2.88. The first-order chi connectivity index (χ1) is 14.3. The zero-order valence-corrected chi connectivity index (χ0v) is 17.2. The third-order valence-corrected chi connectivity index (χ3v) is 6.29. The van der Waals surface area contributed by atoms with E-state index in [1.807, 2.05) is 24.3 Å². The van der Waals surface area contributed by atoms with Crippen LogP contribution in [0.15, 0.2) is 29.4 Å². The highest BCUT2D eigenvalue weighted by Crippen LogP contribution is 2.29. The summed E-state index contributed by atoms with van der Waals surface area (Å²) < 4.78 is 36.3. The summed E-state index contributed by atoms with van der Waals surface area (Å²) in [6.45, 7) is 0. The smallest absolute Gasteiger partial charge is 0.261 e. The lowest BCUT2D eigenvalue weighted by Crippen LogP contribution is -2.40. The van der Waals surface area contributed by atoms with Crippen LogP contribution in [0.2, 0.25) is 0 Å². The number of carbonyl (C=O) groups excluding carboxylic acids is 1. The van der Waals surface area contributed by atoms with Crippen molar-refractivity contribution in [1.29, 1.82) is 0 Å². The molecule has 2 N–H and O–H groups in total. The summed E-state index contributed by atoms with van der Waals surface area (Å²) in [6, 6.07) is 7.34. The molecule has 0 radical (unpaired) electrons. The first-order valence-electron chi connectivity index (χ1n) is 9.21. The number of hydrogen-bond donors (Lipinski definition) is 2. The fourth-order valence-electron chi connectivity index (χ4n) is 3.11. The summed E-state index contributed by atoms with van der Waals surface area (Å²) in [4.78, 5) is 16.9. The minimum absolute atomic E-state index is 0.112. The highest BCUT2D eigenvalue weighted by molar-refractivity contribution is 7.92. The lowest BCUT2D eigenvalue weighted by atomic mass is 9.84. The van der Waals surface area contributed by atoms with E-state index < -0.39 is 33.3 Å². The molecular weight excluding hydrogens is 411 g/mol. The lowest BCUT2D eigenvalue weighted by Gasteiger charge is -2.24. The average molecular weight is 434 g/mol. The van der Waals surface area contributed by atoms with Crippen molar-refractivity contribution in [3.05, 3.63) is 35.4 Å². The van der Waals surface area contributed by atoms with Crippen LogP contribution in [0.1, 0.15) is 36.8 Å². The molecule has 0 bridgehead atoms. The molecule has 9 heteroatoms. The number of benzene rings is 1. The average Bonchev–Trinajstić information content (AvgIpc) is 3.18. The van der Waals surface area contributed by atoms with E-state index in [4.69, 9.17) is 10.0 Å². The van der Waals surface area contributed by atoms with Gasteiger partial charge in [0.05, 0.1) is 5.71 Å². The SMILES string of the molecule is C#C.CS(=O)(=O)C(C[C@H]1CC(c2ccc(C#CC3CC(F)C3)cc2)=NO1)C(=O)NO. The highest BCUT2D eigenvalue weighted by atomic mass is 32.2. The van der Waals surface area contributed by atoms with E-state index >= 15 is 0 Å². The van der Waals surface area contributed by atoms with E-state index in [0.717, 1.165) is 17.4 Å². The quantitative estimate of drug-likeness (QED) is 0.418. The standard InChI is InChI=1S/C19H21FN2O5S.C2H2/c1-28(25,26)18(19(23)21-24)11-16-10-17(22-27-16)14-6-4-12(5-7-14)2-3-13-8-15(20)9-13;1-2/h4-7,13,15-16,18,24H,8-11H2,1H3,(H,21,23);1-2H/t13?,15?,16-,18?;/m1./s1. The van der Waals surface area contributed by atoms with E-state index in [2.05, 4.69) is 29.8 Å². The van der Waals surface area contributed by atoms with Crippen LogP contribution in [0, 0.1) is 30.6 Å². The van der Waals surface area contributed by atoms with Crippen molar-refractivity contribution in [3.8, 4) is 24.7 Å². The summed E-state index contributed by atoms with van der Waals surface area (Å²) >= 11 is 0. The number of hydrogen-bond acceptors (Lipinski definition) is 6. The number of nitrogens with one attached hydrogen (secondary N) is 1. The van der Waals surface area contributed by atoms with Crippen LogP contribution in [-0.4, -0.2) is 49.0 Å². The molecule has 1 aliphatic heterocycles. The molecule has 1 aromatic carbocycles. The fraction of sp³-hybridized carbons (Fsp3) is 0.429. The van der Waals surface area contributed by atoms with Gasteiger partial charge in [-0.2, -0.15) is 0 Å². The molecular formula is C21H23FN2O5S. The third kappa shape index (κ3) is 6.06. The first kappa shape index (κ1) is 23.4. The van der Waals surface area contributed by atoms with Crippen LogP contribution in [0.25, 0.3) is 0 Å². The van der Waals surface area contributed by atoms with Crippen LogP contribution in [-0.2, 0) is 19.5 Å². The number of carbonyl (C=O) groups is 1. The lowest BCUT2D eigenvalue weighted by molar-refractivity contribution is -0.129. The summed E-state index contributed by atoms with van der Waals surface area (Å²) in [7, 11) is -3.71. The molecule has 1 saturated carbocycles. The Morgan fingerprint density at radius 1 is 1.37 bits per heavy atom. The number of alkyl halides is 1. The number of amides is 1. The summed E-state index contributed by atoms with van der Waals surface area (Å²) in [5.74, 6) is 5.22. The van der Waals surface area contributed by atoms with Gasteiger partial charge in [0, 0.05) is 30.6 Å². The van der Waals surface area contributed by atoms with Gasteiger partial charge in [0.15, 0.2) is 9.84 Å². The second kappa shape index (κ2) is 10.2. The second-order valence-corrected chi connectivity index (χ2v) is 9.34. The molecule has 2 atom stereocenters. The molecule has 2 aliphatic rings. The molecule has 1 unspecified atom stereocenters. The van der Waals surface area contributed by atoms with Gasteiger partial charge >= 0.3 is 0 Å². The molecule has 3 rings (SSSR count). The molecule has 7 nitrogen and oxygen atoms in total. The summed E-state index contributed by atoms with van der Waals surface area (Å²) in [5.41, 5.74) is 3.65. The predicted octanol–water partition coefficient (Wildman–Crippen LogP) is 1.84. The van der Waals surface area contributed by atoms with Crippen molar-refractivity contribution in [1.82, 2.24) is 5.48 Å². The van der Waals surface area contributed by atoms with Crippen molar-refractivity contribution in [3.63, 3.8) is 0 Å². The molecule has 0 spiro atoms. The molecule has 0 saturated heterocycles. The number of nitrogens with zero attached hydrogens (tertiary/aromatic N) is 1. The van der Waals surface area contributed by atoms with Crippen molar-refractivity contribution in [2.75, 3.05) is 6.26 Å². The topological polar surface area (TPSA) is 105 Å².